The Hall–Kier alpha value is -0.0800. The van der Waals surface area contributed by atoms with Crippen molar-refractivity contribution >= 4 is 0 Å². The summed E-state index contributed by atoms with van der Waals surface area (Å²) in [4.78, 5) is 0. The molecule has 0 aromatic carbocycles. The van der Waals surface area contributed by atoms with E-state index < -0.39 is 0 Å². The predicted octanol–water partition coefficient (Wildman–Crippen LogP) is 1.14. The SMILES string of the molecule is CC(C)C[C@H]1C[C@@H](O)[C@@H](C)N1. The Morgan fingerprint density at radius 1 is 1.55 bits per heavy atom. The molecule has 2 N–H and O–H groups in total. The van der Waals surface area contributed by atoms with E-state index in [4.69, 9.17) is 0 Å². The van der Waals surface area contributed by atoms with E-state index in [0.717, 1.165) is 12.3 Å². The molecule has 1 heterocycles. The molecule has 3 atom stereocenters. The van der Waals surface area contributed by atoms with E-state index in [-0.39, 0.29) is 6.10 Å². The molecule has 0 unspecified atom stereocenters. The number of aliphatic hydroxyl groups is 1. The monoisotopic (exact) mass is 157 g/mol. The van der Waals surface area contributed by atoms with Gasteiger partial charge in [-0.05, 0) is 25.7 Å². The minimum Gasteiger partial charge on any atom is -0.391 e. The van der Waals surface area contributed by atoms with Crippen molar-refractivity contribution in [3.8, 4) is 0 Å². The highest BCUT2D eigenvalue weighted by molar-refractivity contribution is 4.88. The van der Waals surface area contributed by atoms with Crippen LogP contribution in [-0.4, -0.2) is 23.3 Å². The lowest BCUT2D eigenvalue weighted by molar-refractivity contribution is 0.164. The van der Waals surface area contributed by atoms with Crippen LogP contribution in [0.1, 0.15) is 33.6 Å². The van der Waals surface area contributed by atoms with Gasteiger partial charge in [-0.25, -0.2) is 0 Å². The third-order valence-corrected chi connectivity index (χ3v) is 2.36. The molecular weight excluding hydrogens is 138 g/mol. The van der Waals surface area contributed by atoms with Crippen molar-refractivity contribution in [3.63, 3.8) is 0 Å². The lowest BCUT2D eigenvalue weighted by Gasteiger charge is -2.12. The van der Waals surface area contributed by atoms with Crippen LogP contribution in [0.3, 0.4) is 0 Å². The Kier molecular flexibility index (Phi) is 2.90. The Morgan fingerprint density at radius 3 is 2.55 bits per heavy atom. The van der Waals surface area contributed by atoms with Crippen LogP contribution < -0.4 is 5.32 Å². The topological polar surface area (TPSA) is 32.3 Å². The van der Waals surface area contributed by atoms with Gasteiger partial charge in [0.05, 0.1) is 6.10 Å². The third kappa shape index (κ3) is 2.46. The minimum atomic E-state index is -0.126. The Labute approximate surface area is 69.0 Å². The van der Waals surface area contributed by atoms with E-state index in [0.29, 0.717) is 12.1 Å². The Bertz CT molecular complexity index is 112. The maximum absolute atomic E-state index is 9.42. The Balaban J connectivity index is 2.29. The van der Waals surface area contributed by atoms with Crippen molar-refractivity contribution in [1.82, 2.24) is 5.32 Å². The fourth-order valence-corrected chi connectivity index (χ4v) is 1.78. The largest absolute Gasteiger partial charge is 0.391 e. The molecule has 0 radical (unpaired) electrons. The molecule has 1 fully saturated rings. The molecule has 0 saturated carbocycles. The summed E-state index contributed by atoms with van der Waals surface area (Å²) in [5.41, 5.74) is 0. The normalized spacial score (nSPS) is 38.5. The predicted molar refractivity (Wildman–Crippen MR) is 46.5 cm³/mol. The van der Waals surface area contributed by atoms with Crippen molar-refractivity contribution in [1.29, 1.82) is 0 Å². The molecule has 11 heavy (non-hydrogen) atoms. The van der Waals surface area contributed by atoms with Gasteiger partial charge in [-0.3, -0.25) is 0 Å². The summed E-state index contributed by atoms with van der Waals surface area (Å²) in [5.74, 6) is 0.727. The summed E-state index contributed by atoms with van der Waals surface area (Å²) in [5, 5.41) is 12.8. The number of hydrogen-bond acceptors (Lipinski definition) is 2. The molecule has 0 spiro atoms. The molecule has 1 aliphatic heterocycles. The molecule has 1 aliphatic rings. The van der Waals surface area contributed by atoms with Crippen LogP contribution in [0.25, 0.3) is 0 Å². The zero-order valence-corrected chi connectivity index (χ0v) is 7.67. The fourth-order valence-electron chi connectivity index (χ4n) is 1.78. The van der Waals surface area contributed by atoms with Gasteiger partial charge in [0.15, 0.2) is 0 Å². The Morgan fingerprint density at radius 2 is 2.18 bits per heavy atom. The van der Waals surface area contributed by atoms with Crippen LogP contribution in [0.4, 0.5) is 0 Å². The maximum Gasteiger partial charge on any atom is 0.0705 e. The zero-order chi connectivity index (χ0) is 8.43. The molecular formula is C9H19NO. The molecule has 2 heteroatoms. The van der Waals surface area contributed by atoms with E-state index in [1.165, 1.54) is 6.42 Å². The standard InChI is InChI=1S/C9H19NO/c1-6(2)4-8-5-9(11)7(3)10-8/h6-11H,4-5H2,1-3H3/t7-,8+,9-/m1/s1. The van der Waals surface area contributed by atoms with Gasteiger partial charge in [0.25, 0.3) is 0 Å². The number of hydrogen-bond donors (Lipinski definition) is 2. The molecule has 66 valence electrons. The van der Waals surface area contributed by atoms with Crippen LogP contribution in [0, 0.1) is 5.92 Å². The second-order valence-corrected chi connectivity index (χ2v) is 4.08. The first kappa shape index (κ1) is 9.01. The summed E-state index contributed by atoms with van der Waals surface area (Å²) >= 11 is 0. The van der Waals surface area contributed by atoms with Gasteiger partial charge in [-0.15, -0.1) is 0 Å². The highest BCUT2D eigenvalue weighted by Crippen LogP contribution is 2.18. The molecule has 0 bridgehead atoms. The van der Waals surface area contributed by atoms with Gasteiger partial charge in [0.2, 0.25) is 0 Å². The average molecular weight is 157 g/mol. The van der Waals surface area contributed by atoms with Gasteiger partial charge in [-0.2, -0.15) is 0 Å². The molecule has 1 saturated heterocycles. The molecule has 1 rings (SSSR count). The molecule has 0 aliphatic carbocycles. The quantitative estimate of drug-likeness (QED) is 0.630. The summed E-state index contributed by atoms with van der Waals surface area (Å²) in [6.45, 7) is 6.49. The summed E-state index contributed by atoms with van der Waals surface area (Å²) in [6.07, 6.45) is 1.99. The first-order valence-corrected chi connectivity index (χ1v) is 4.53. The number of nitrogens with one attached hydrogen (secondary N) is 1. The van der Waals surface area contributed by atoms with E-state index in [1.54, 1.807) is 0 Å². The highest BCUT2D eigenvalue weighted by atomic mass is 16.3. The van der Waals surface area contributed by atoms with Crippen molar-refractivity contribution in [2.45, 2.75) is 51.8 Å². The third-order valence-electron chi connectivity index (χ3n) is 2.36. The van der Waals surface area contributed by atoms with Crippen LogP contribution in [-0.2, 0) is 0 Å². The lowest BCUT2D eigenvalue weighted by Crippen LogP contribution is -2.30. The van der Waals surface area contributed by atoms with Gasteiger partial charge in [0.1, 0.15) is 0 Å². The smallest absolute Gasteiger partial charge is 0.0705 e. The van der Waals surface area contributed by atoms with Crippen LogP contribution in [0.5, 0.6) is 0 Å². The maximum atomic E-state index is 9.42. The van der Waals surface area contributed by atoms with E-state index in [1.807, 2.05) is 6.92 Å². The zero-order valence-electron chi connectivity index (χ0n) is 7.67. The summed E-state index contributed by atoms with van der Waals surface area (Å²) in [6, 6.07) is 0.832. The molecule has 0 aromatic heterocycles. The van der Waals surface area contributed by atoms with Crippen molar-refractivity contribution in [2.24, 2.45) is 5.92 Å². The molecule has 0 amide bonds. The average Bonchev–Trinajstić information content (AvgIpc) is 2.10. The van der Waals surface area contributed by atoms with Crippen LogP contribution in [0.2, 0.25) is 0 Å². The van der Waals surface area contributed by atoms with Crippen molar-refractivity contribution < 1.29 is 5.11 Å². The van der Waals surface area contributed by atoms with Gasteiger partial charge in [-0.1, -0.05) is 13.8 Å². The van der Waals surface area contributed by atoms with Crippen LogP contribution >= 0.6 is 0 Å². The first-order valence-electron chi connectivity index (χ1n) is 4.53. The molecule has 0 aromatic rings. The summed E-state index contributed by atoms with van der Waals surface area (Å²) < 4.78 is 0. The van der Waals surface area contributed by atoms with Crippen molar-refractivity contribution in [2.75, 3.05) is 0 Å². The number of aliphatic hydroxyl groups excluding tert-OH is 1. The van der Waals surface area contributed by atoms with Gasteiger partial charge < -0.3 is 10.4 Å². The van der Waals surface area contributed by atoms with Gasteiger partial charge >= 0.3 is 0 Å². The fraction of sp³-hybridized carbons (Fsp3) is 1.00. The van der Waals surface area contributed by atoms with Gasteiger partial charge in [0, 0.05) is 12.1 Å². The highest BCUT2D eigenvalue weighted by Gasteiger charge is 2.28. The lowest BCUT2D eigenvalue weighted by atomic mass is 10.0. The van der Waals surface area contributed by atoms with Crippen LogP contribution in [0.15, 0.2) is 0 Å². The number of rotatable bonds is 2. The summed E-state index contributed by atoms with van der Waals surface area (Å²) in [7, 11) is 0. The van der Waals surface area contributed by atoms with E-state index >= 15 is 0 Å². The minimum absolute atomic E-state index is 0.126. The van der Waals surface area contributed by atoms with E-state index in [9.17, 15) is 5.11 Å². The first-order chi connectivity index (χ1) is 5.09. The second kappa shape index (κ2) is 3.55. The second-order valence-electron chi connectivity index (χ2n) is 4.08. The van der Waals surface area contributed by atoms with E-state index in [2.05, 4.69) is 19.2 Å². The van der Waals surface area contributed by atoms with Crippen molar-refractivity contribution in [3.05, 3.63) is 0 Å². The molecule has 2 nitrogen and oxygen atoms in total.